The van der Waals surface area contributed by atoms with Crippen LogP contribution in [0.15, 0.2) is 120 Å². The highest BCUT2D eigenvalue weighted by Crippen LogP contribution is 2.48. The van der Waals surface area contributed by atoms with Gasteiger partial charge >= 0.3 is 5.97 Å². The molecule has 5 aromatic rings. The van der Waals surface area contributed by atoms with Gasteiger partial charge in [-0.3, -0.25) is 0 Å². The van der Waals surface area contributed by atoms with Crippen LogP contribution in [0.4, 0.5) is 0 Å². The fourth-order valence-corrected chi connectivity index (χ4v) is 17.4. The van der Waals surface area contributed by atoms with Gasteiger partial charge in [-0.1, -0.05) is 159 Å². The summed E-state index contributed by atoms with van der Waals surface area (Å²) in [5, 5.41) is 1.99. The molecule has 0 saturated carbocycles. The standard InChI is InChI=1S/C59H86N2O8SSi3/c1-42(43(2)68-73(58(6,7)8,45-29-23-19-24-30-45)46-31-25-20-26-32-46)33-34-49(69-72(16,17)57(3,4)5)55-48(66-59(9,10)67-55)35-36-51(70-44-27-21-18-22-28-44)53-52(56(62)64-37-38-71(13,14)15)50(65-41-63-12)39-47-54(53)60-40-61(47)11/h18-34,39-40,42-43,48-49,51,55H,35-38,41H2,1-17H3/t42-,43-,48+,49?,51?,55+/m1/s1. The van der Waals surface area contributed by atoms with Crippen LogP contribution >= 0.6 is 11.8 Å². The Kier molecular flexibility index (Phi) is 19.2. The van der Waals surface area contributed by atoms with Crippen LogP contribution in [0.2, 0.25) is 48.9 Å². The van der Waals surface area contributed by atoms with Crippen molar-refractivity contribution in [2.24, 2.45) is 13.0 Å². The first-order valence-corrected chi connectivity index (χ1v) is 35.6. The van der Waals surface area contributed by atoms with Gasteiger partial charge in [-0.05, 0) is 91.3 Å². The molecule has 2 unspecified atom stereocenters. The Morgan fingerprint density at radius 2 is 1.42 bits per heavy atom. The number of methoxy groups -OCH3 is 1. The number of ether oxygens (including phenoxy) is 5. The number of esters is 1. The number of nitrogens with zero attached hydrogens (tertiary/aromatic N) is 2. The van der Waals surface area contributed by atoms with Crippen LogP contribution in [0.1, 0.15) is 103 Å². The molecule has 0 amide bonds. The first-order chi connectivity index (χ1) is 34.2. The van der Waals surface area contributed by atoms with E-state index < -0.39 is 48.7 Å². The van der Waals surface area contributed by atoms with Crippen LogP contribution in [0.25, 0.3) is 11.0 Å². The van der Waals surface area contributed by atoms with E-state index in [1.165, 1.54) is 10.4 Å². The molecule has 1 fully saturated rings. The largest absolute Gasteiger partial charge is 0.467 e. The topological polar surface area (TPSA) is 99.5 Å². The van der Waals surface area contributed by atoms with Gasteiger partial charge in [0.1, 0.15) is 17.4 Å². The number of carbonyl (C=O) groups excluding carboxylic acids is 1. The highest BCUT2D eigenvalue weighted by Gasteiger charge is 2.52. The van der Waals surface area contributed by atoms with E-state index in [1.54, 1.807) is 25.2 Å². The molecule has 1 saturated heterocycles. The van der Waals surface area contributed by atoms with E-state index in [9.17, 15) is 4.79 Å². The van der Waals surface area contributed by atoms with Crippen molar-refractivity contribution in [2.45, 2.75) is 171 Å². The van der Waals surface area contributed by atoms with E-state index in [2.05, 4.69) is 173 Å². The maximum atomic E-state index is 14.6. The van der Waals surface area contributed by atoms with Crippen molar-refractivity contribution in [3.8, 4) is 5.75 Å². The summed E-state index contributed by atoms with van der Waals surface area (Å²) in [6, 6.07) is 34.7. The monoisotopic (exact) mass is 1070 g/mol. The van der Waals surface area contributed by atoms with E-state index in [-0.39, 0.29) is 40.2 Å². The Bertz CT molecular complexity index is 2550. The third-order valence-corrected chi connectivity index (χ3v) is 27.2. The molecule has 0 aliphatic carbocycles. The average molecular weight is 1070 g/mol. The van der Waals surface area contributed by atoms with Gasteiger partial charge in [-0.15, -0.1) is 11.8 Å². The minimum atomic E-state index is -2.83. The van der Waals surface area contributed by atoms with Gasteiger partial charge in [0, 0.05) is 50.1 Å². The second-order valence-corrected chi connectivity index (χ2v) is 40.0. The molecule has 14 heteroatoms. The van der Waals surface area contributed by atoms with Crippen molar-refractivity contribution < 1.29 is 37.3 Å². The Labute approximate surface area is 445 Å². The lowest BCUT2D eigenvalue weighted by atomic mass is 9.95. The van der Waals surface area contributed by atoms with Gasteiger partial charge in [0.2, 0.25) is 0 Å². The maximum Gasteiger partial charge on any atom is 0.342 e. The molecule has 6 rings (SSSR count). The Hall–Kier alpha value is -3.84. The van der Waals surface area contributed by atoms with Crippen LogP contribution in [0, 0.1) is 5.92 Å². The van der Waals surface area contributed by atoms with Crippen molar-refractivity contribution in [3.63, 3.8) is 0 Å². The first kappa shape index (κ1) is 58.4. The van der Waals surface area contributed by atoms with E-state index in [1.807, 2.05) is 49.7 Å². The Morgan fingerprint density at radius 3 is 1.97 bits per heavy atom. The van der Waals surface area contributed by atoms with E-state index in [4.69, 9.17) is 37.5 Å². The van der Waals surface area contributed by atoms with Crippen LogP contribution < -0.4 is 15.1 Å². The molecule has 6 atom stereocenters. The van der Waals surface area contributed by atoms with Gasteiger partial charge in [0.25, 0.3) is 8.32 Å². The molecular weight excluding hydrogens is 981 g/mol. The molecule has 1 aromatic heterocycles. The molecule has 1 aliphatic rings. The van der Waals surface area contributed by atoms with E-state index in [0.29, 0.717) is 30.8 Å². The average Bonchev–Trinajstić information content (AvgIpc) is 3.85. The summed E-state index contributed by atoms with van der Waals surface area (Å²) in [4.78, 5) is 20.7. The predicted octanol–water partition coefficient (Wildman–Crippen LogP) is 13.7. The quantitative estimate of drug-likeness (QED) is 0.0207. The lowest BCUT2D eigenvalue weighted by Gasteiger charge is -2.45. The van der Waals surface area contributed by atoms with Crippen LogP contribution in [-0.2, 0) is 34.8 Å². The maximum absolute atomic E-state index is 14.6. The molecule has 10 nitrogen and oxygen atoms in total. The molecule has 1 aliphatic heterocycles. The molecular formula is C59H86N2O8SSi3. The number of aromatic nitrogens is 2. The molecule has 73 heavy (non-hydrogen) atoms. The first-order valence-electron chi connectivity index (χ1n) is 26.2. The van der Waals surface area contributed by atoms with Crippen molar-refractivity contribution >= 4 is 63.8 Å². The minimum Gasteiger partial charge on any atom is -0.467 e. The summed E-state index contributed by atoms with van der Waals surface area (Å²) in [5.74, 6) is -0.900. The summed E-state index contributed by atoms with van der Waals surface area (Å²) >= 11 is 1.70. The lowest BCUT2D eigenvalue weighted by Crippen LogP contribution is -2.67. The van der Waals surface area contributed by atoms with Crippen molar-refractivity contribution in [2.75, 3.05) is 20.5 Å². The normalized spacial score (nSPS) is 18.5. The van der Waals surface area contributed by atoms with Gasteiger partial charge in [-0.25, -0.2) is 9.78 Å². The fraction of sp³-hybridized carbons (Fsp3) is 0.525. The summed E-state index contributed by atoms with van der Waals surface area (Å²) in [6.07, 6.45) is 6.13. The zero-order valence-electron chi connectivity index (χ0n) is 47.0. The number of imidazole rings is 1. The van der Waals surface area contributed by atoms with Gasteiger partial charge in [0.15, 0.2) is 20.9 Å². The highest BCUT2D eigenvalue weighted by molar-refractivity contribution is 7.99. The van der Waals surface area contributed by atoms with Crippen LogP contribution in [0.5, 0.6) is 5.75 Å². The smallest absolute Gasteiger partial charge is 0.342 e. The molecule has 0 bridgehead atoms. The van der Waals surface area contributed by atoms with Crippen molar-refractivity contribution in [3.05, 3.63) is 127 Å². The van der Waals surface area contributed by atoms with E-state index >= 15 is 0 Å². The number of benzene rings is 4. The third kappa shape index (κ3) is 14.4. The predicted molar refractivity (Wildman–Crippen MR) is 308 cm³/mol. The zero-order valence-corrected chi connectivity index (χ0v) is 50.9. The molecule has 398 valence electrons. The van der Waals surface area contributed by atoms with Crippen LogP contribution in [0.3, 0.4) is 0 Å². The second kappa shape index (κ2) is 24.0. The fourth-order valence-electron chi connectivity index (χ4n) is 9.40. The van der Waals surface area contributed by atoms with Gasteiger partial charge < -0.3 is 37.1 Å². The Balaban J connectivity index is 1.40. The number of hydrogen-bond acceptors (Lipinski definition) is 10. The number of fused-ring (bicyclic) bond motifs is 1. The SMILES string of the molecule is COCOc1cc2c(ncn2C)c(C(CC[C@@H]2OC(C)(C)O[C@@H]2C(C=C[C@@H](C)[C@@H](C)O[Si](c2ccccc2)(c2ccccc2)C(C)(C)C)O[Si](C)(C)C(C)(C)C)Sc2ccccc2)c1C(=O)OCC[Si](C)(C)C. The number of carbonyl (C=O) groups is 1. The molecule has 0 spiro atoms. The summed E-state index contributed by atoms with van der Waals surface area (Å²) in [6.45, 7) is 34.0. The van der Waals surface area contributed by atoms with Crippen molar-refractivity contribution in [1.29, 1.82) is 0 Å². The van der Waals surface area contributed by atoms with Gasteiger partial charge in [-0.2, -0.15) is 0 Å². The van der Waals surface area contributed by atoms with Crippen molar-refractivity contribution in [1.82, 2.24) is 9.55 Å². The highest BCUT2D eigenvalue weighted by atomic mass is 32.2. The molecule has 4 aromatic carbocycles. The van der Waals surface area contributed by atoms with E-state index in [0.717, 1.165) is 27.5 Å². The second-order valence-electron chi connectivity index (χ2n) is 24.1. The Morgan fingerprint density at radius 1 is 0.836 bits per heavy atom. The number of thioether (sulfide) groups is 1. The molecule has 2 heterocycles. The van der Waals surface area contributed by atoms with Gasteiger partial charge in [0.05, 0.1) is 36.2 Å². The number of hydrogen-bond donors (Lipinski definition) is 0. The summed E-state index contributed by atoms with van der Waals surface area (Å²) in [7, 11) is -3.21. The molecule has 0 N–H and O–H groups in total. The third-order valence-electron chi connectivity index (χ3n) is 14.6. The lowest BCUT2D eigenvalue weighted by molar-refractivity contribution is -0.152. The number of rotatable bonds is 23. The minimum absolute atomic E-state index is 0.0184. The van der Waals surface area contributed by atoms with Crippen LogP contribution in [-0.4, -0.2) is 90.9 Å². The number of aryl methyl sites for hydroxylation is 1. The summed E-state index contributed by atoms with van der Waals surface area (Å²) in [5.41, 5.74) is 2.71. The zero-order chi connectivity index (χ0) is 53.6. The summed E-state index contributed by atoms with van der Waals surface area (Å²) < 4.78 is 48.9. The molecule has 0 radical (unpaired) electrons.